The van der Waals surface area contributed by atoms with Crippen molar-refractivity contribution in [1.82, 2.24) is 10.0 Å². The maximum absolute atomic E-state index is 13.0. The zero-order valence-electron chi connectivity index (χ0n) is 16.4. The molecule has 27 heavy (non-hydrogen) atoms. The van der Waals surface area contributed by atoms with E-state index in [0.29, 0.717) is 17.4 Å². The van der Waals surface area contributed by atoms with Crippen molar-refractivity contribution in [3.05, 3.63) is 29.8 Å². The normalized spacial score (nSPS) is 32.5. The average Bonchev–Trinajstić information content (AvgIpc) is 2.56. The molecule has 0 saturated heterocycles. The van der Waals surface area contributed by atoms with Gasteiger partial charge >= 0.3 is 0 Å². The minimum Gasteiger partial charge on any atom is -0.351 e. The Labute approximate surface area is 162 Å². The first-order chi connectivity index (χ1) is 12.7. The van der Waals surface area contributed by atoms with Crippen molar-refractivity contribution < 1.29 is 13.2 Å². The number of nitrogens with one attached hydrogen (secondary N) is 2. The maximum Gasteiger partial charge on any atom is 0.241 e. The van der Waals surface area contributed by atoms with E-state index in [1.165, 1.54) is 32.1 Å². The van der Waals surface area contributed by atoms with Crippen molar-refractivity contribution in [2.75, 3.05) is 0 Å². The van der Waals surface area contributed by atoms with Gasteiger partial charge in [-0.05, 0) is 88.2 Å². The van der Waals surface area contributed by atoms with Gasteiger partial charge in [-0.1, -0.05) is 18.2 Å². The molecule has 1 aromatic carbocycles. The summed E-state index contributed by atoms with van der Waals surface area (Å²) < 4.78 is 28.3. The van der Waals surface area contributed by atoms with Crippen LogP contribution in [-0.2, 0) is 14.8 Å². The van der Waals surface area contributed by atoms with Crippen molar-refractivity contribution in [3.8, 4) is 0 Å². The molecular formula is C21H30N2O3S. The van der Waals surface area contributed by atoms with E-state index in [9.17, 15) is 13.2 Å². The first-order valence-electron chi connectivity index (χ1n) is 10.1. The van der Waals surface area contributed by atoms with Gasteiger partial charge in [0.15, 0.2) is 0 Å². The number of benzene rings is 1. The van der Waals surface area contributed by atoms with E-state index in [-0.39, 0.29) is 16.8 Å². The summed E-state index contributed by atoms with van der Waals surface area (Å²) in [5, 5.41) is 3.23. The Balaban J connectivity index is 1.47. The Bertz CT molecular complexity index is 819. The van der Waals surface area contributed by atoms with Crippen LogP contribution < -0.4 is 10.0 Å². The van der Waals surface area contributed by atoms with Gasteiger partial charge in [-0.25, -0.2) is 8.42 Å². The monoisotopic (exact) mass is 390 g/mol. The van der Waals surface area contributed by atoms with Crippen molar-refractivity contribution in [1.29, 1.82) is 0 Å². The lowest BCUT2D eigenvalue weighted by Gasteiger charge is -2.54. The SMILES string of the molecule is Cc1ccccc1S(=O)(=O)NC(C)(C)C(=O)NC1C2CC3CC(C2)CC1C3. The van der Waals surface area contributed by atoms with Gasteiger partial charge in [-0.2, -0.15) is 4.72 Å². The van der Waals surface area contributed by atoms with Gasteiger partial charge in [-0.3, -0.25) is 4.79 Å². The van der Waals surface area contributed by atoms with Crippen LogP contribution in [0.5, 0.6) is 0 Å². The molecule has 0 unspecified atom stereocenters. The molecule has 0 spiro atoms. The molecule has 5 rings (SSSR count). The largest absolute Gasteiger partial charge is 0.351 e. The molecule has 4 aliphatic carbocycles. The third kappa shape index (κ3) is 3.54. The molecule has 4 bridgehead atoms. The highest BCUT2D eigenvalue weighted by Gasteiger charge is 2.49. The fourth-order valence-electron chi connectivity index (χ4n) is 5.79. The third-order valence-electron chi connectivity index (χ3n) is 6.86. The highest BCUT2D eigenvalue weighted by molar-refractivity contribution is 7.89. The van der Waals surface area contributed by atoms with Crippen molar-refractivity contribution in [2.45, 2.75) is 69.4 Å². The molecule has 0 aliphatic heterocycles. The number of sulfonamides is 1. The number of hydrogen-bond acceptors (Lipinski definition) is 3. The lowest BCUT2D eigenvalue weighted by Crippen LogP contribution is -2.62. The molecular weight excluding hydrogens is 360 g/mol. The maximum atomic E-state index is 13.0. The number of carbonyl (C=O) groups is 1. The summed E-state index contributed by atoms with van der Waals surface area (Å²) in [6.45, 7) is 5.05. The van der Waals surface area contributed by atoms with E-state index in [2.05, 4.69) is 10.0 Å². The Kier molecular flexibility index (Phi) is 4.62. The molecule has 1 aromatic rings. The van der Waals surface area contributed by atoms with E-state index in [0.717, 1.165) is 11.8 Å². The Morgan fingerprint density at radius 3 is 2.11 bits per heavy atom. The molecule has 0 aromatic heterocycles. The molecule has 0 radical (unpaired) electrons. The Morgan fingerprint density at radius 1 is 1.00 bits per heavy atom. The van der Waals surface area contributed by atoms with Crippen molar-refractivity contribution >= 4 is 15.9 Å². The molecule has 4 aliphatic rings. The topological polar surface area (TPSA) is 75.3 Å². The molecule has 2 N–H and O–H groups in total. The standard InChI is InChI=1S/C21H30N2O3S/c1-13-6-4-5-7-18(13)27(25,26)23-21(2,3)20(24)22-19-16-9-14-8-15(11-16)12-17(19)10-14/h4-7,14-17,19,23H,8-12H2,1-3H3,(H,22,24). The van der Waals surface area contributed by atoms with E-state index < -0.39 is 15.6 Å². The quantitative estimate of drug-likeness (QED) is 0.812. The summed E-state index contributed by atoms with van der Waals surface area (Å²) in [6.07, 6.45) is 6.23. The molecule has 0 atom stereocenters. The number of rotatable bonds is 5. The number of carbonyl (C=O) groups excluding carboxylic acids is 1. The third-order valence-corrected chi connectivity index (χ3v) is 8.68. The van der Waals surface area contributed by atoms with Gasteiger partial charge in [0.05, 0.1) is 4.90 Å². The predicted molar refractivity (Wildman–Crippen MR) is 105 cm³/mol. The van der Waals surface area contributed by atoms with Gasteiger partial charge in [0, 0.05) is 6.04 Å². The molecule has 4 saturated carbocycles. The van der Waals surface area contributed by atoms with Crippen LogP contribution in [0.25, 0.3) is 0 Å². The zero-order chi connectivity index (χ0) is 19.4. The van der Waals surface area contributed by atoms with Crippen LogP contribution in [0.1, 0.15) is 51.5 Å². The molecule has 148 valence electrons. The fourth-order valence-corrected chi connectivity index (χ4v) is 7.41. The number of hydrogen-bond donors (Lipinski definition) is 2. The van der Waals surface area contributed by atoms with Gasteiger partial charge in [0.2, 0.25) is 15.9 Å². The molecule has 1 amide bonds. The van der Waals surface area contributed by atoms with Crippen LogP contribution in [0.4, 0.5) is 0 Å². The lowest BCUT2D eigenvalue weighted by atomic mass is 9.54. The van der Waals surface area contributed by atoms with Crippen LogP contribution in [-0.4, -0.2) is 25.9 Å². The van der Waals surface area contributed by atoms with Crippen LogP contribution in [0.3, 0.4) is 0 Å². The fraction of sp³-hybridized carbons (Fsp3) is 0.667. The van der Waals surface area contributed by atoms with E-state index in [4.69, 9.17) is 0 Å². The smallest absolute Gasteiger partial charge is 0.241 e. The minimum absolute atomic E-state index is 0.201. The van der Waals surface area contributed by atoms with Gasteiger partial charge in [-0.15, -0.1) is 0 Å². The van der Waals surface area contributed by atoms with Crippen molar-refractivity contribution in [3.63, 3.8) is 0 Å². The van der Waals surface area contributed by atoms with E-state index >= 15 is 0 Å². The second kappa shape index (κ2) is 6.59. The molecule has 6 heteroatoms. The van der Waals surface area contributed by atoms with Crippen LogP contribution in [0.2, 0.25) is 0 Å². The first-order valence-corrected chi connectivity index (χ1v) is 11.5. The van der Waals surface area contributed by atoms with E-state index in [1.54, 1.807) is 45.0 Å². The Hall–Kier alpha value is -1.40. The summed E-state index contributed by atoms with van der Waals surface area (Å²) in [7, 11) is -3.77. The van der Waals surface area contributed by atoms with Gasteiger partial charge in [0.25, 0.3) is 0 Å². The minimum atomic E-state index is -3.77. The van der Waals surface area contributed by atoms with Crippen LogP contribution in [0, 0.1) is 30.6 Å². The van der Waals surface area contributed by atoms with Crippen LogP contribution in [0.15, 0.2) is 29.2 Å². The highest BCUT2D eigenvalue weighted by atomic mass is 32.2. The van der Waals surface area contributed by atoms with E-state index in [1.807, 2.05) is 0 Å². The average molecular weight is 391 g/mol. The number of aryl methyl sites for hydroxylation is 1. The van der Waals surface area contributed by atoms with Crippen LogP contribution >= 0.6 is 0 Å². The summed E-state index contributed by atoms with van der Waals surface area (Å²) in [5.74, 6) is 2.58. The summed E-state index contributed by atoms with van der Waals surface area (Å²) in [6, 6.07) is 7.04. The highest BCUT2D eigenvalue weighted by Crippen LogP contribution is 2.53. The second-order valence-electron chi connectivity index (χ2n) is 9.43. The summed E-state index contributed by atoms with van der Waals surface area (Å²) >= 11 is 0. The van der Waals surface area contributed by atoms with Gasteiger partial charge < -0.3 is 5.32 Å². The summed E-state index contributed by atoms with van der Waals surface area (Å²) in [4.78, 5) is 13.2. The Morgan fingerprint density at radius 2 is 1.56 bits per heavy atom. The molecule has 5 nitrogen and oxygen atoms in total. The number of amides is 1. The first kappa shape index (κ1) is 18.9. The molecule has 4 fully saturated rings. The predicted octanol–water partition coefficient (Wildman–Crippen LogP) is 2.99. The summed E-state index contributed by atoms with van der Waals surface area (Å²) in [5.41, 5.74) is -0.530. The van der Waals surface area contributed by atoms with Gasteiger partial charge in [0.1, 0.15) is 5.54 Å². The van der Waals surface area contributed by atoms with Crippen molar-refractivity contribution in [2.24, 2.45) is 23.7 Å². The second-order valence-corrected chi connectivity index (χ2v) is 11.1. The molecule has 0 heterocycles. The lowest BCUT2D eigenvalue weighted by molar-refractivity contribution is -0.129. The zero-order valence-corrected chi connectivity index (χ0v) is 17.2.